The molecule has 3 saturated carbocycles. The van der Waals surface area contributed by atoms with Gasteiger partial charge in [0.25, 0.3) is 17.7 Å². The lowest BCUT2D eigenvalue weighted by Gasteiger charge is -2.37. The van der Waals surface area contributed by atoms with Crippen molar-refractivity contribution < 1.29 is 23.3 Å². The summed E-state index contributed by atoms with van der Waals surface area (Å²) in [5.41, 5.74) is 17.5. The summed E-state index contributed by atoms with van der Waals surface area (Å²) in [5.74, 6) is 3.15. The first-order chi connectivity index (χ1) is 57.0. The van der Waals surface area contributed by atoms with Crippen LogP contribution in [0.3, 0.4) is 0 Å². The summed E-state index contributed by atoms with van der Waals surface area (Å²) >= 11 is 1.45. The van der Waals surface area contributed by atoms with Gasteiger partial charge in [-0.3, -0.25) is 53.6 Å². The molecule has 3 N–H and O–H groups in total. The van der Waals surface area contributed by atoms with Crippen molar-refractivity contribution in [1.29, 1.82) is 0 Å². The van der Waals surface area contributed by atoms with Crippen LogP contribution < -0.4 is 10.7 Å². The monoisotopic (exact) mass is 1590 g/mol. The normalized spacial score (nSPS) is 18.4. The third kappa shape index (κ3) is 17.1. The van der Waals surface area contributed by atoms with E-state index >= 15 is 0 Å². The van der Waals surface area contributed by atoms with Gasteiger partial charge >= 0.3 is 5.76 Å². The molecule has 1 atom stereocenters. The summed E-state index contributed by atoms with van der Waals surface area (Å²) in [5, 5.41) is 28.1. The van der Waals surface area contributed by atoms with E-state index in [1.807, 2.05) is 68.6 Å². The van der Waals surface area contributed by atoms with Gasteiger partial charge in [-0.05, 0) is 194 Å². The first kappa shape index (κ1) is 79.4. The number of benzene rings is 7. The first-order valence-electron chi connectivity index (χ1n) is 42.1. The highest BCUT2D eigenvalue weighted by atomic mass is 32.1. The second-order valence-corrected chi connectivity index (χ2v) is 33.6. The SMILES string of the molecule is CCCCC1=NC2(CCCC2)C(=O)N1Cc1ccc(-c2cc(-c3ccc(C)cc3)ccc2-c2cn[nH]n2)cc1.CCCCC1=NC2(CCCC2)C(=O)N1Cc1ccc(-c2cc(-c3ccsn3)ccc2-c2cn[nH]n2)cc1.CCCCC1=NC2(CCCC2)C(=O)N1Cc1ccc(-c2cc(N3CCCC(C)(F)C3)ccc2-c2noc(=O)[nH]2)cc1. The number of nitrogens with one attached hydrogen (secondary N) is 3. The molecule has 3 amide bonds. The van der Waals surface area contributed by atoms with E-state index in [-0.39, 0.29) is 17.7 Å². The van der Waals surface area contributed by atoms with E-state index < -0.39 is 28.0 Å². The summed E-state index contributed by atoms with van der Waals surface area (Å²) in [4.78, 5) is 78.0. The number of aryl methyl sites for hydroxylation is 1. The van der Waals surface area contributed by atoms with Crippen LogP contribution >= 0.6 is 11.5 Å². The van der Waals surface area contributed by atoms with Crippen molar-refractivity contribution in [3.8, 4) is 89.7 Å². The predicted octanol–water partition coefficient (Wildman–Crippen LogP) is 20.1. The van der Waals surface area contributed by atoms with Gasteiger partial charge in [-0.25, -0.2) is 9.18 Å². The Bertz CT molecular complexity index is 5460. The Labute approximate surface area is 687 Å². The summed E-state index contributed by atoms with van der Waals surface area (Å²) in [6.45, 7) is 13.0. The van der Waals surface area contributed by atoms with Crippen LogP contribution in [0.4, 0.5) is 10.1 Å². The molecule has 23 heteroatoms. The zero-order valence-corrected chi connectivity index (χ0v) is 68.5. The minimum atomic E-state index is -1.24. The fourth-order valence-electron chi connectivity index (χ4n) is 18.1. The number of rotatable bonds is 24. The number of amides is 3. The van der Waals surface area contributed by atoms with Gasteiger partial charge in [0.2, 0.25) is 0 Å². The maximum absolute atomic E-state index is 14.9. The molecular formula is C94H103FN16O5S. The molecule has 1 saturated heterocycles. The molecule has 4 fully saturated rings. The molecule has 7 aromatic carbocycles. The average molecular weight is 1590 g/mol. The van der Waals surface area contributed by atoms with E-state index in [0.717, 1.165) is 266 Å². The number of aromatic amines is 3. The van der Waals surface area contributed by atoms with Crippen molar-refractivity contribution in [2.24, 2.45) is 15.0 Å². The van der Waals surface area contributed by atoms with E-state index in [0.29, 0.717) is 38.4 Å². The second kappa shape index (κ2) is 34.8. The molecular weight excluding hydrogens is 1480 g/mol. The number of amidine groups is 3. The number of piperidine rings is 1. The lowest BCUT2D eigenvalue weighted by atomic mass is 9.92. The van der Waals surface area contributed by atoms with E-state index in [1.165, 1.54) is 22.7 Å². The summed E-state index contributed by atoms with van der Waals surface area (Å²) in [6, 6.07) is 54.6. The van der Waals surface area contributed by atoms with Gasteiger partial charge in [0, 0.05) is 59.1 Å². The molecule has 0 bridgehead atoms. The minimum absolute atomic E-state index is 0.150. The Morgan fingerprint density at radius 3 is 1.27 bits per heavy atom. The number of nitrogens with zero attached hydrogens (tertiary/aromatic N) is 13. The van der Waals surface area contributed by atoms with Gasteiger partial charge < -0.3 is 4.90 Å². The topological polar surface area (TPSA) is 256 Å². The average Bonchev–Trinajstić information content (AvgIpc) is 1.62. The van der Waals surface area contributed by atoms with Gasteiger partial charge in [-0.2, -0.15) is 35.2 Å². The summed E-state index contributed by atoms with van der Waals surface area (Å²) in [7, 11) is 0. The van der Waals surface area contributed by atoms with Gasteiger partial charge in [-0.1, -0.05) is 211 Å². The number of carbonyl (C=O) groups is 3. The number of alkyl halides is 1. The van der Waals surface area contributed by atoms with Gasteiger partial charge in [0.05, 0.1) is 44.3 Å². The molecule has 7 aliphatic rings. The molecule has 0 radical (unpaired) electrons. The Morgan fingerprint density at radius 1 is 0.453 bits per heavy atom. The molecule has 8 heterocycles. The van der Waals surface area contributed by atoms with E-state index in [2.05, 4.69) is 187 Å². The van der Waals surface area contributed by atoms with Crippen molar-refractivity contribution in [2.45, 2.75) is 224 Å². The summed E-state index contributed by atoms with van der Waals surface area (Å²) in [6.07, 6.45) is 25.5. The molecule has 3 spiro atoms. The molecule has 1 unspecified atom stereocenters. The van der Waals surface area contributed by atoms with Crippen LogP contribution in [0.2, 0.25) is 0 Å². The molecule has 117 heavy (non-hydrogen) atoms. The fraction of sp³-hybridized carbons (Fsp3) is 0.394. The highest BCUT2D eigenvalue weighted by Gasteiger charge is 2.52. The summed E-state index contributed by atoms with van der Waals surface area (Å²) < 4.78 is 24.2. The zero-order chi connectivity index (χ0) is 80.7. The molecule has 21 nitrogen and oxygen atoms in total. The maximum Gasteiger partial charge on any atom is 0.439 e. The van der Waals surface area contributed by atoms with Crippen LogP contribution in [0.25, 0.3) is 89.7 Å². The first-order valence-corrected chi connectivity index (χ1v) is 43.0. The Kier molecular flexibility index (Phi) is 23.6. The van der Waals surface area contributed by atoms with E-state index in [9.17, 15) is 23.6 Å². The molecule has 18 rings (SSSR count). The number of carbonyl (C=O) groups excluding carboxylic acids is 3. The largest absolute Gasteiger partial charge is 0.439 e. The molecule has 602 valence electrons. The van der Waals surface area contributed by atoms with Crippen LogP contribution in [0.1, 0.15) is 198 Å². The third-order valence-electron chi connectivity index (χ3n) is 24.5. The van der Waals surface area contributed by atoms with Crippen LogP contribution in [0.5, 0.6) is 0 Å². The number of hydrogen-bond acceptors (Lipinski definition) is 16. The number of aromatic nitrogens is 9. The van der Waals surface area contributed by atoms with Crippen molar-refractivity contribution in [3.63, 3.8) is 0 Å². The Balaban J connectivity index is 0.000000132. The molecule has 4 aliphatic heterocycles. The lowest BCUT2D eigenvalue weighted by Crippen LogP contribution is -2.43. The number of hydrogen-bond donors (Lipinski definition) is 3. The van der Waals surface area contributed by atoms with Crippen molar-refractivity contribution in [2.75, 3.05) is 18.0 Å². The number of anilines is 1. The van der Waals surface area contributed by atoms with Crippen molar-refractivity contribution in [3.05, 3.63) is 208 Å². The highest BCUT2D eigenvalue weighted by Crippen LogP contribution is 2.46. The van der Waals surface area contributed by atoms with Gasteiger partial charge in [0.1, 0.15) is 51.2 Å². The van der Waals surface area contributed by atoms with Crippen LogP contribution in [0.15, 0.2) is 200 Å². The Morgan fingerprint density at radius 2 is 0.872 bits per heavy atom. The highest BCUT2D eigenvalue weighted by molar-refractivity contribution is 7.03. The van der Waals surface area contributed by atoms with E-state index in [1.54, 1.807) is 19.3 Å². The number of halogens is 1. The van der Waals surface area contributed by atoms with Crippen LogP contribution in [-0.2, 0) is 34.0 Å². The Hall–Kier alpha value is -11.5. The van der Waals surface area contributed by atoms with Gasteiger partial charge in [-0.15, -0.1) is 0 Å². The smallest absolute Gasteiger partial charge is 0.368 e. The third-order valence-corrected chi connectivity index (χ3v) is 25.1. The predicted molar refractivity (Wildman–Crippen MR) is 461 cm³/mol. The lowest BCUT2D eigenvalue weighted by molar-refractivity contribution is -0.132. The maximum atomic E-state index is 14.9. The number of H-pyrrole nitrogens is 3. The van der Waals surface area contributed by atoms with Crippen molar-refractivity contribution in [1.82, 2.24) is 60.0 Å². The van der Waals surface area contributed by atoms with Crippen LogP contribution in [0, 0.1) is 6.92 Å². The molecule has 4 aromatic heterocycles. The second-order valence-electron chi connectivity index (χ2n) is 33.0. The number of unbranched alkanes of at least 4 members (excludes halogenated alkanes) is 3. The van der Waals surface area contributed by atoms with Crippen molar-refractivity contribution >= 4 is 52.4 Å². The quantitative estimate of drug-likeness (QED) is 0.0510. The fourth-order valence-corrected chi connectivity index (χ4v) is 18.6. The zero-order valence-electron chi connectivity index (χ0n) is 67.7. The standard InChI is InChI=1S/C33H35N5O.C32H38FN5O3.C29H30N6OS/c1-3-4-7-31-35-33(18-5-6-19-33)32(39)38(31)22-24-10-14-26(15-11-24)29-20-27(25-12-8-23(2)9-13-25)16-17-28(29)30-21-34-37-36-30;1-3-4-8-27-35-32(16-5-6-17-32)29(39)38(27)20-22-9-11-23(12-10-22)26-19-24(37-18-7-15-31(2,33)21-37)13-14-25(26)28-34-30(40)41-36-28;1-2-3-6-27-31-29(14-4-5-15-29)28(36)35(27)19-20-7-9-21(10-8-20)24-17-22(25-13-16-37-33-25)11-12-23(24)26-18-30-34-32-26/h8-17,20-21H,3-7,18-19,22H2,1-2H3,(H,34,36,37);9-14,19H,3-8,15-18,20-21H2,1-2H3,(H,34,36,40);7-13,16-18H,2-6,14-15,19H2,1H3,(H,30,32,34). The molecule has 3 aliphatic carbocycles. The van der Waals surface area contributed by atoms with E-state index in [4.69, 9.17) is 19.5 Å². The van der Waals surface area contributed by atoms with Gasteiger partial charge in [0.15, 0.2) is 5.82 Å². The molecule has 11 aromatic rings. The van der Waals surface area contributed by atoms with Crippen LogP contribution in [-0.4, -0.2) is 131 Å². The minimum Gasteiger partial charge on any atom is -0.368 e. The number of aliphatic imine (C=N–C) groups is 3.